The number of alkyl halides is 2. The van der Waals surface area contributed by atoms with Crippen LogP contribution in [0, 0.1) is 6.92 Å². The average molecular weight is 258 g/mol. The average Bonchev–Trinajstić information content (AvgIpc) is 2.09. The zero-order valence-corrected chi connectivity index (χ0v) is 9.45. The number of aromatic hydroxyl groups is 1. The number of halogens is 4. The summed E-state index contributed by atoms with van der Waals surface area (Å²) in [5.41, 5.74) is 5.62. The molecule has 0 aromatic heterocycles. The zero-order chi connectivity index (χ0) is 10.9. The molecule has 15 heavy (non-hydrogen) atoms. The van der Waals surface area contributed by atoms with E-state index < -0.39 is 12.5 Å². The highest BCUT2D eigenvalue weighted by Gasteiger charge is 2.21. The van der Waals surface area contributed by atoms with Crippen molar-refractivity contribution in [3.05, 3.63) is 28.3 Å². The van der Waals surface area contributed by atoms with Crippen LogP contribution in [0.2, 0.25) is 5.02 Å². The first-order valence-corrected chi connectivity index (χ1v) is 4.34. The minimum absolute atomic E-state index is 0. The van der Waals surface area contributed by atoms with Gasteiger partial charge in [-0.05, 0) is 24.6 Å². The van der Waals surface area contributed by atoms with Gasteiger partial charge in [0.2, 0.25) is 0 Å². The van der Waals surface area contributed by atoms with Crippen LogP contribution in [0.3, 0.4) is 0 Å². The van der Waals surface area contributed by atoms with E-state index >= 15 is 0 Å². The smallest absolute Gasteiger partial charge is 0.257 e. The molecule has 0 saturated carbocycles. The zero-order valence-electron chi connectivity index (χ0n) is 7.88. The SMILES string of the molecule is Cc1cc(Cl)cc([C@H](N)C(F)F)c1O.Cl. The fourth-order valence-corrected chi connectivity index (χ4v) is 1.43. The van der Waals surface area contributed by atoms with Gasteiger partial charge in [-0.3, -0.25) is 0 Å². The fraction of sp³-hybridized carbons (Fsp3) is 0.333. The maximum atomic E-state index is 12.3. The van der Waals surface area contributed by atoms with Crippen LogP contribution in [0.15, 0.2) is 12.1 Å². The van der Waals surface area contributed by atoms with Crippen molar-refractivity contribution in [2.24, 2.45) is 5.73 Å². The van der Waals surface area contributed by atoms with Gasteiger partial charge in [0.1, 0.15) is 5.75 Å². The van der Waals surface area contributed by atoms with Crippen LogP contribution in [-0.4, -0.2) is 11.5 Å². The molecule has 1 rings (SSSR count). The Morgan fingerprint density at radius 3 is 2.40 bits per heavy atom. The third-order valence-electron chi connectivity index (χ3n) is 1.93. The van der Waals surface area contributed by atoms with Crippen molar-refractivity contribution in [3.8, 4) is 5.75 Å². The van der Waals surface area contributed by atoms with Gasteiger partial charge in [0, 0.05) is 10.6 Å². The molecular formula is C9H11Cl2F2NO. The second kappa shape index (κ2) is 5.49. The monoisotopic (exact) mass is 257 g/mol. The Bertz CT molecular complexity index is 347. The first-order chi connectivity index (χ1) is 6.43. The Morgan fingerprint density at radius 1 is 1.40 bits per heavy atom. The van der Waals surface area contributed by atoms with Crippen molar-refractivity contribution in [1.82, 2.24) is 0 Å². The Morgan fingerprint density at radius 2 is 1.93 bits per heavy atom. The lowest BCUT2D eigenvalue weighted by Gasteiger charge is -2.14. The molecule has 0 bridgehead atoms. The molecule has 0 amide bonds. The third kappa shape index (κ3) is 3.19. The van der Waals surface area contributed by atoms with E-state index in [1.807, 2.05) is 0 Å². The van der Waals surface area contributed by atoms with E-state index in [1.54, 1.807) is 6.92 Å². The number of nitrogens with two attached hydrogens (primary N) is 1. The van der Waals surface area contributed by atoms with E-state index in [-0.39, 0.29) is 28.7 Å². The van der Waals surface area contributed by atoms with E-state index in [9.17, 15) is 13.9 Å². The topological polar surface area (TPSA) is 46.2 Å². The van der Waals surface area contributed by atoms with E-state index in [0.29, 0.717) is 5.56 Å². The molecule has 86 valence electrons. The van der Waals surface area contributed by atoms with Gasteiger partial charge in [-0.2, -0.15) is 0 Å². The van der Waals surface area contributed by atoms with Gasteiger partial charge < -0.3 is 10.8 Å². The molecule has 1 aromatic carbocycles. The number of benzene rings is 1. The van der Waals surface area contributed by atoms with Crippen LogP contribution >= 0.6 is 24.0 Å². The lowest BCUT2D eigenvalue weighted by Crippen LogP contribution is -2.19. The summed E-state index contributed by atoms with van der Waals surface area (Å²) in [6, 6.07) is 1.23. The third-order valence-corrected chi connectivity index (χ3v) is 2.14. The Balaban J connectivity index is 0.00000196. The number of phenols is 1. The lowest BCUT2D eigenvalue weighted by molar-refractivity contribution is 0.115. The Hall–Kier alpha value is -0.580. The summed E-state index contributed by atoms with van der Waals surface area (Å²) in [5.74, 6) is -0.220. The molecule has 0 spiro atoms. The fourth-order valence-electron chi connectivity index (χ4n) is 1.15. The van der Waals surface area contributed by atoms with E-state index in [4.69, 9.17) is 17.3 Å². The summed E-state index contributed by atoms with van der Waals surface area (Å²) in [6.07, 6.45) is -2.72. The molecule has 2 nitrogen and oxygen atoms in total. The largest absolute Gasteiger partial charge is 0.507 e. The van der Waals surface area contributed by atoms with Gasteiger partial charge >= 0.3 is 0 Å². The summed E-state index contributed by atoms with van der Waals surface area (Å²) >= 11 is 5.66. The molecule has 0 fully saturated rings. The van der Waals surface area contributed by atoms with Crippen molar-refractivity contribution in [1.29, 1.82) is 0 Å². The van der Waals surface area contributed by atoms with Gasteiger partial charge in [0.25, 0.3) is 6.43 Å². The Labute approximate surface area is 97.4 Å². The molecule has 1 atom stereocenters. The van der Waals surface area contributed by atoms with E-state index in [2.05, 4.69) is 0 Å². The minimum atomic E-state index is -2.72. The van der Waals surface area contributed by atoms with Crippen LogP contribution in [0.25, 0.3) is 0 Å². The van der Waals surface area contributed by atoms with E-state index in [1.165, 1.54) is 12.1 Å². The van der Waals surface area contributed by atoms with Crippen molar-refractivity contribution in [2.45, 2.75) is 19.4 Å². The highest BCUT2D eigenvalue weighted by Crippen LogP contribution is 2.32. The second-order valence-corrected chi connectivity index (χ2v) is 3.46. The van der Waals surface area contributed by atoms with Crippen LogP contribution < -0.4 is 5.73 Å². The summed E-state index contributed by atoms with van der Waals surface area (Å²) in [5, 5.41) is 9.75. The normalized spacial score (nSPS) is 12.4. The van der Waals surface area contributed by atoms with Crippen molar-refractivity contribution < 1.29 is 13.9 Å². The van der Waals surface area contributed by atoms with Crippen LogP contribution in [-0.2, 0) is 0 Å². The molecule has 1 aromatic rings. The molecule has 3 N–H and O–H groups in total. The number of rotatable bonds is 2. The van der Waals surface area contributed by atoms with Crippen LogP contribution in [0.4, 0.5) is 8.78 Å². The first-order valence-electron chi connectivity index (χ1n) is 3.96. The molecule has 0 unspecified atom stereocenters. The predicted molar refractivity (Wildman–Crippen MR) is 58.0 cm³/mol. The number of aryl methyl sites for hydroxylation is 1. The minimum Gasteiger partial charge on any atom is -0.507 e. The molecule has 0 saturated heterocycles. The van der Waals surface area contributed by atoms with Crippen molar-refractivity contribution in [2.75, 3.05) is 0 Å². The summed E-state index contributed by atoms with van der Waals surface area (Å²) in [6.45, 7) is 1.57. The van der Waals surface area contributed by atoms with Gasteiger partial charge in [-0.25, -0.2) is 8.78 Å². The summed E-state index contributed by atoms with van der Waals surface area (Å²) in [4.78, 5) is 0. The lowest BCUT2D eigenvalue weighted by atomic mass is 10.0. The predicted octanol–water partition coefficient (Wildman–Crippen LogP) is 3.04. The maximum absolute atomic E-state index is 12.3. The highest BCUT2D eigenvalue weighted by molar-refractivity contribution is 6.30. The summed E-state index contributed by atoms with van der Waals surface area (Å²) < 4.78 is 24.6. The standard InChI is InChI=1S/C9H10ClF2NO.ClH/c1-4-2-5(10)3-6(8(4)14)7(13)9(11)12;/h2-3,7,9,14H,13H2,1H3;1H/t7-;/m0./s1. The van der Waals surface area contributed by atoms with Gasteiger partial charge in [0.05, 0.1) is 6.04 Å². The van der Waals surface area contributed by atoms with Crippen LogP contribution in [0.5, 0.6) is 5.75 Å². The number of hydrogen-bond donors (Lipinski definition) is 2. The number of hydrogen-bond acceptors (Lipinski definition) is 2. The second-order valence-electron chi connectivity index (χ2n) is 3.02. The van der Waals surface area contributed by atoms with Crippen LogP contribution in [0.1, 0.15) is 17.2 Å². The summed E-state index contributed by atoms with van der Waals surface area (Å²) in [7, 11) is 0. The molecular weight excluding hydrogens is 247 g/mol. The van der Waals surface area contributed by atoms with Gasteiger partial charge in [-0.15, -0.1) is 12.4 Å². The molecule has 0 heterocycles. The van der Waals surface area contributed by atoms with Gasteiger partial charge in [0.15, 0.2) is 0 Å². The Kier molecular flexibility index (Phi) is 5.28. The van der Waals surface area contributed by atoms with E-state index in [0.717, 1.165) is 0 Å². The maximum Gasteiger partial charge on any atom is 0.257 e. The quantitative estimate of drug-likeness (QED) is 0.856. The molecule has 0 aliphatic rings. The molecule has 0 aliphatic heterocycles. The highest BCUT2D eigenvalue weighted by atomic mass is 35.5. The molecule has 6 heteroatoms. The molecule has 0 radical (unpaired) electrons. The molecule has 0 aliphatic carbocycles. The van der Waals surface area contributed by atoms with Crippen molar-refractivity contribution >= 4 is 24.0 Å². The number of phenolic OH excluding ortho intramolecular Hbond substituents is 1. The van der Waals surface area contributed by atoms with Crippen molar-refractivity contribution in [3.63, 3.8) is 0 Å². The van der Waals surface area contributed by atoms with Gasteiger partial charge in [-0.1, -0.05) is 11.6 Å². The first kappa shape index (κ1) is 14.4.